The predicted octanol–water partition coefficient (Wildman–Crippen LogP) is 2.97. The summed E-state index contributed by atoms with van der Waals surface area (Å²) in [4.78, 5) is 17.1. The molecule has 1 amide bonds. The first-order valence-electron chi connectivity index (χ1n) is 7.13. The molecule has 0 fully saturated rings. The summed E-state index contributed by atoms with van der Waals surface area (Å²) in [6.07, 6.45) is 3.32. The van der Waals surface area contributed by atoms with Gasteiger partial charge in [0.1, 0.15) is 4.88 Å². The van der Waals surface area contributed by atoms with Crippen LogP contribution in [0.2, 0.25) is 0 Å². The van der Waals surface area contributed by atoms with Gasteiger partial charge in [0.15, 0.2) is 0 Å². The summed E-state index contributed by atoms with van der Waals surface area (Å²) in [5.41, 5.74) is -0.252. The molecule has 5 heteroatoms. The van der Waals surface area contributed by atoms with E-state index in [1.807, 2.05) is 13.8 Å². The molecule has 0 saturated carbocycles. The molecule has 0 radical (unpaired) electrons. The quantitative estimate of drug-likeness (QED) is 0.848. The van der Waals surface area contributed by atoms with Crippen LogP contribution < -0.4 is 5.32 Å². The lowest BCUT2D eigenvalue weighted by Gasteiger charge is -2.29. The van der Waals surface area contributed by atoms with Crippen molar-refractivity contribution < 1.29 is 9.90 Å². The van der Waals surface area contributed by atoms with Crippen LogP contribution in [-0.4, -0.2) is 29.1 Å². The highest BCUT2D eigenvalue weighted by Crippen LogP contribution is 2.27. The Morgan fingerprint density at radius 3 is 2.35 bits per heavy atom. The van der Waals surface area contributed by atoms with Gasteiger partial charge >= 0.3 is 0 Å². The van der Waals surface area contributed by atoms with Gasteiger partial charge in [0.25, 0.3) is 5.91 Å². The van der Waals surface area contributed by atoms with E-state index in [2.05, 4.69) is 31.1 Å². The van der Waals surface area contributed by atoms with E-state index in [0.29, 0.717) is 11.4 Å². The van der Waals surface area contributed by atoms with E-state index in [9.17, 15) is 9.90 Å². The number of thiazole rings is 1. The van der Waals surface area contributed by atoms with Gasteiger partial charge in [-0.15, -0.1) is 11.3 Å². The Balaban J connectivity index is 2.70. The normalized spacial score (nSPS) is 12.5. The molecular weight excluding hydrogens is 272 g/mol. The average molecular weight is 298 g/mol. The molecule has 0 atom stereocenters. The van der Waals surface area contributed by atoms with Gasteiger partial charge in [0, 0.05) is 17.4 Å². The fraction of sp³-hybridized carbons (Fsp3) is 0.733. The molecule has 1 heterocycles. The second-order valence-electron chi connectivity index (χ2n) is 6.33. The molecule has 0 aromatic carbocycles. The van der Waals surface area contributed by atoms with Crippen molar-refractivity contribution in [3.05, 3.63) is 16.1 Å². The molecule has 0 unspecified atom stereocenters. The Bertz CT molecular complexity index is 437. The Hall–Kier alpha value is -0.940. The number of carbonyl (C=O) groups excluding carboxylic acids is 1. The van der Waals surface area contributed by atoms with Gasteiger partial charge in [-0.3, -0.25) is 4.79 Å². The molecular formula is C15H26N2O2S. The maximum Gasteiger partial charge on any atom is 0.263 e. The monoisotopic (exact) mass is 298 g/mol. The fourth-order valence-electron chi connectivity index (χ4n) is 1.86. The summed E-state index contributed by atoms with van der Waals surface area (Å²) in [6, 6.07) is 0. The maximum absolute atomic E-state index is 12.2. The first kappa shape index (κ1) is 17.1. The van der Waals surface area contributed by atoms with E-state index in [0.717, 1.165) is 17.8 Å². The largest absolute Gasteiger partial charge is 0.396 e. The molecule has 0 saturated heterocycles. The van der Waals surface area contributed by atoms with E-state index in [1.54, 1.807) is 6.20 Å². The standard InChI is InChI=1S/C15H26N2O2S/c1-6-15(7-2,10-18)9-17-12(19)11-8-16-13(20-11)14(3,4)5/h8,18H,6-7,9-10H2,1-5H3,(H,17,19). The maximum atomic E-state index is 12.2. The average Bonchev–Trinajstić information content (AvgIpc) is 2.90. The molecule has 0 bridgehead atoms. The number of rotatable bonds is 6. The summed E-state index contributed by atoms with van der Waals surface area (Å²) in [5, 5.41) is 13.4. The number of amides is 1. The minimum atomic E-state index is -0.215. The lowest BCUT2D eigenvalue weighted by molar-refractivity contribution is 0.0854. The molecule has 0 aliphatic heterocycles. The van der Waals surface area contributed by atoms with Crippen LogP contribution in [0.15, 0.2) is 6.20 Å². The number of aromatic nitrogens is 1. The number of hydrogen-bond acceptors (Lipinski definition) is 4. The zero-order chi connectivity index (χ0) is 15.4. The van der Waals surface area contributed by atoms with E-state index in [4.69, 9.17) is 0 Å². The van der Waals surface area contributed by atoms with Crippen molar-refractivity contribution in [2.75, 3.05) is 13.2 Å². The van der Waals surface area contributed by atoms with Gasteiger partial charge in [0.05, 0.1) is 17.8 Å². The summed E-state index contributed by atoms with van der Waals surface area (Å²) in [6.45, 7) is 10.9. The van der Waals surface area contributed by atoms with E-state index < -0.39 is 0 Å². The molecule has 4 nitrogen and oxygen atoms in total. The topological polar surface area (TPSA) is 62.2 Å². The van der Waals surface area contributed by atoms with Crippen molar-refractivity contribution in [2.45, 2.75) is 52.9 Å². The number of carbonyl (C=O) groups is 1. The molecule has 1 aromatic rings. The minimum absolute atomic E-state index is 0.0368. The van der Waals surface area contributed by atoms with Gasteiger partial charge in [-0.05, 0) is 12.8 Å². The molecule has 20 heavy (non-hydrogen) atoms. The third-order valence-electron chi connectivity index (χ3n) is 3.83. The highest BCUT2D eigenvalue weighted by Gasteiger charge is 2.27. The Kier molecular flexibility index (Phi) is 5.71. The first-order valence-corrected chi connectivity index (χ1v) is 7.95. The third-order valence-corrected chi connectivity index (χ3v) is 5.25. The third kappa shape index (κ3) is 4.03. The van der Waals surface area contributed by atoms with Crippen LogP contribution in [0, 0.1) is 5.41 Å². The summed E-state index contributed by atoms with van der Waals surface area (Å²) in [5.74, 6) is -0.0993. The zero-order valence-electron chi connectivity index (χ0n) is 13.1. The Labute approximate surface area is 125 Å². The van der Waals surface area contributed by atoms with Crippen LogP contribution in [0.3, 0.4) is 0 Å². The second-order valence-corrected chi connectivity index (χ2v) is 7.36. The lowest BCUT2D eigenvalue weighted by Crippen LogP contribution is -2.39. The Morgan fingerprint density at radius 2 is 1.95 bits per heavy atom. The van der Waals surface area contributed by atoms with Crippen LogP contribution in [0.25, 0.3) is 0 Å². The number of aliphatic hydroxyl groups excluding tert-OH is 1. The van der Waals surface area contributed by atoms with Crippen molar-refractivity contribution in [2.24, 2.45) is 5.41 Å². The van der Waals surface area contributed by atoms with Crippen LogP contribution in [0.1, 0.15) is 62.1 Å². The van der Waals surface area contributed by atoms with Crippen molar-refractivity contribution in [1.82, 2.24) is 10.3 Å². The van der Waals surface area contributed by atoms with E-state index in [-0.39, 0.29) is 23.3 Å². The number of nitrogens with zero attached hydrogens (tertiary/aromatic N) is 1. The zero-order valence-corrected chi connectivity index (χ0v) is 13.9. The van der Waals surface area contributed by atoms with Crippen molar-refractivity contribution in [3.63, 3.8) is 0 Å². The highest BCUT2D eigenvalue weighted by atomic mass is 32.1. The minimum Gasteiger partial charge on any atom is -0.396 e. The molecule has 1 rings (SSSR count). The molecule has 0 spiro atoms. The molecule has 0 aliphatic carbocycles. The molecule has 114 valence electrons. The second kappa shape index (κ2) is 6.68. The van der Waals surface area contributed by atoms with Crippen LogP contribution in [0.4, 0.5) is 0 Å². The van der Waals surface area contributed by atoms with E-state index in [1.165, 1.54) is 11.3 Å². The van der Waals surface area contributed by atoms with Crippen molar-refractivity contribution in [3.8, 4) is 0 Å². The van der Waals surface area contributed by atoms with Crippen LogP contribution in [-0.2, 0) is 5.41 Å². The number of aliphatic hydroxyl groups is 1. The summed E-state index contributed by atoms with van der Waals surface area (Å²) < 4.78 is 0. The first-order chi connectivity index (χ1) is 9.28. The van der Waals surface area contributed by atoms with Gasteiger partial charge < -0.3 is 10.4 Å². The van der Waals surface area contributed by atoms with Crippen molar-refractivity contribution in [1.29, 1.82) is 0 Å². The molecule has 1 aromatic heterocycles. The lowest BCUT2D eigenvalue weighted by atomic mass is 9.83. The summed E-state index contributed by atoms with van der Waals surface area (Å²) >= 11 is 1.44. The SMILES string of the molecule is CCC(CC)(CO)CNC(=O)c1cnc(C(C)(C)C)s1. The highest BCUT2D eigenvalue weighted by molar-refractivity contribution is 7.13. The van der Waals surface area contributed by atoms with Crippen LogP contribution >= 0.6 is 11.3 Å². The van der Waals surface area contributed by atoms with E-state index >= 15 is 0 Å². The predicted molar refractivity (Wildman–Crippen MR) is 83.2 cm³/mol. The summed E-state index contributed by atoms with van der Waals surface area (Å²) in [7, 11) is 0. The Morgan fingerprint density at radius 1 is 1.35 bits per heavy atom. The molecule has 0 aliphatic rings. The molecule has 2 N–H and O–H groups in total. The van der Waals surface area contributed by atoms with Gasteiger partial charge in [-0.2, -0.15) is 0 Å². The number of nitrogens with one attached hydrogen (secondary N) is 1. The number of hydrogen-bond donors (Lipinski definition) is 2. The fourth-order valence-corrected chi connectivity index (χ4v) is 2.75. The smallest absolute Gasteiger partial charge is 0.263 e. The van der Waals surface area contributed by atoms with Crippen molar-refractivity contribution >= 4 is 17.2 Å². The van der Waals surface area contributed by atoms with Gasteiger partial charge in [0.2, 0.25) is 0 Å². The van der Waals surface area contributed by atoms with Crippen LogP contribution in [0.5, 0.6) is 0 Å². The van der Waals surface area contributed by atoms with Gasteiger partial charge in [-0.25, -0.2) is 4.98 Å². The van der Waals surface area contributed by atoms with Gasteiger partial charge in [-0.1, -0.05) is 34.6 Å².